The van der Waals surface area contributed by atoms with Crippen molar-refractivity contribution in [3.8, 4) is 0 Å². The average Bonchev–Trinajstić information content (AvgIpc) is 3.41. The zero-order valence-electron chi connectivity index (χ0n) is 17.1. The van der Waals surface area contributed by atoms with Gasteiger partial charge in [-0.25, -0.2) is 4.90 Å². The number of carbonyl (C=O) groups excluding carboxylic acids is 4. The Hall–Kier alpha value is -3.42. The molecule has 162 valence electrons. The molecule has 33 heavy (non-hydrogen) atoms. The summed E-state index contributed by atoms with van der Waals surface area (Å²) in [6.45, 7) is 0. The molecule has 7 heteroatoms. The lowest BCUT2D eigenvalue weighted by atomic mass is 9.77. The van der Waals surface area contributed by atoms with Gasteiger partial charge in [0, 0.05) is 15.6 Å². The van der Waals surface area contributed by atoms with Crippen LogP contribution in [0, 0.1) is 11.8 Å². The topological polar surface area (TPSA) is 80.8 Å². The third-order valence-corrected chi connectivity index (χ3v) is 7.26. The van der Waals surface area contributed by atoms with Gasteiger partial charge in [0.15, 0.2) is 0 Å². The third-order valence-electron chi connectivity index (χ3n) is 6.73. The van der Waals surface area contributed by atoms with Gasteiger partial charge in [-0.1, -0.05) is 70.5 Å². The van der Waals surface area contributed by atoms with Crippen LogP contribution in [0.5, 0.6) is 0 Å². The molecule has 2 saturated heterocycles. The summed E-state index contributed by atoms with van der Waals surface area (Å²) in [5, 5.41) is 0. The predicted molar refractivity (Wildman–Crippen MR) is 122 cm³/mol. The molecule has 3 aromatic carbocycles. The van der Waals surface area contributed by atoms with Crippen molar-refractivity contribution in [2.45, 2.75) is 11.7 Å². The lowest BCUT2D eigenvalue weighted by Crippen LogP contribution is -2.51. The molecule has 0 bridgehead atoms. The first kappa shape index (κ1) is 20.2. The second-order valence-corrected chi connectivity index (χ2v) is 9.30. The van der Waals surface area contributed by atoms with Crippen LogP contribution < -0.4 is 4.90 Å². The molecule has 6 nitrogen and oxygen atoms in total. The van der Waals surface area contributed by atoms with E-state index in [9.17, 15) is 19.2 Å². The van der Waals surface area contributed by atoms with Crippen LogP contribution in [0.25, 0.3) is 0 Å². The number of Topliss-reactive ketones (excluding diaryl/α,β-unsaturated/α-hetero) is 2. The second kappa shape index (κ2) is 7.04. The van der Waals surface area contributed by atoms with Crippen molar-refractivity contribution in [3.63, 3.8) is 0 Å². The van der Waals surface area contributed by atoms with Gasteiger partial charge < -0.3 is 4.74 Å². The SMILES string of the molecule is O=C1C2C(c3ccccc3)OC3(C(=O)c4ccccc4C3=O)C2C(=O)N1c1ccc(Br)cc1. The van der Waals surface area contributed by atoms with Crippen LogP contribution in [0.1, 0.15) is 32.4 Å². The number of benzene rings is 3. The largest absolute Gasteiger partial charge is 0.349 e. The number of nitrogens with zero attached hydrogens (tertiary/aromatic N) is 1. The van der Waals surface area contributed by atoms with Crippen molar-refractivity contribution in [2.75, 3.05) is 4.90 Å². The molecule has 3 aromatic rings. The highest BCUT2D eigenvalue weighted by molar-refractivity contribution is 9.10. The van der Waals surface area contributed by atoms with Crippen LogP contribution in [-0.4, -0.2) is 29.0 Å². The molecule has 3 unspecified atom stereocenters. The lowest BCUT2D eigenvalue weighted by molar-refractivity contribution is -0.127. The number of carbonyl (C=O) groups is 4. The number of ether oxygens (including phenoxy) is 1. The highest BCUT2D eigenvalue weighted by Gasteiger charge is 2.74. The number of imide groups is 1. The summed E-state index contributed by atoms with van der Waals surface area (Å²) in [7, 11) is 0. The molecule has 1 aliphatic carbocycles. The molecule has 0 saturated carbocycles. The van der Waals surface area contributed by atoms with Gasteiger partial charge in [0.1, 0.15) is 0 Å². The van der Waals surface area contributed by atoms with Gasteiger partial charge in [0.05, 0.1) is 23.6 Å². The quantitative estimate of drug-likeness (QED) is 0.389. The van der Waals surface area contributed by atoms with Crippen LogP contribution in [0.2, 0.25) is 0 Å². The van der Waals surface area contributed by atoms with Crippen LogP contribution in [0.15, 0.2) is 83.3 Å². The van der Waals surface area contributed by atoms with Crippen molar-refractivity contribution in [1.29, 1.82) is 0 Å². The lowest BCUT2D eigenvalue weighted by Gasteiger charge is -2.27. The standard InChI is InChI=1S/C26H16BrNO5/c27-15-10-12-16(13-11-15)28-24(31)19-20(25(28)32)26(33-21(19)14-6-2-1-3-7-14)22(29)17-8-4-5-9-18(17)23(26)30/h1-13,19-21H. The fraction of sp³-hybridized carbons (Fsp3) is 0.154. The molecule has 6 rings (SSSR count). The Morgan fingerprint density at radius 3 is 1.91 bits per heavy atom. The maximum Gasteiger partial charge on any atom is 0.241 e. The van der Waals surface area contributed by atoms with Gasteiger partial charge in [-0.2, -0.15) is 0 Å². The number of hydrogen-bond donors (Lipinski definition) is 0. The number of hydrogen-bond acceptors (Lipinski definition) is 5. The monoisotopic (exact) mass is 501 g/mol. The van der Waals surface area contributed by atoms with E-state index in [1.807, 2.05) is 6.07 Å². The molecule has 2 aliphatic heterocycles. The molecule has 2 heterocycles. The predicted octanol–water partition coefficient (Wildman–Crippen LogP) is 4.14. The van der Waals surface area contributed by atoms with Gasteiger partial charge in [-0.15, -0.1) is 0 Å². The zero-order chi connectivity index (χ0) is 22.9. The number of rotatable bonds is 2. The maximum absolute atomic E-state index is 13.8. The minimum Gasteiger partial charge on any atom is -0.349 e. The summed E-state index contributed by atoms with van der Waals surface area (Å²) in [5.74, 6) is -4.43. The number of fused-ring (bicyclic) bond motifs is 3. The van der Waals surface area contributed by atoms with Crippen LogP contribution in [0.3, 0.4) is 0 Å². The molecule has 3 aliphatic rings. The highest BCUT2D eigenvalue weighted by Crippen LogP contribution is 2.57. The average molecular weight is 502 g/mol. The maximum atomic E-state index is 13.8. The summed E-state index contributed by atoms with van der Waals surface area (Å²) in [5.41, 5.74) is -0.583. The van der Waals surface area contributed by atoms with Crippen molar-refractivity contribution < 1.29 is 23.9 Å². The molecule has 1 spiro atoms. The van der Waals surface area contributed by atoms with E-state index in [-0.39, 0.29) is 11.1 Å². The summed E-state index contributed by atoms with van der Waals surface area (Å²) in [6, 6.07) is 22.2. The van der Waals surface area contributed by atoms with E-state index in [2.05, 4.69) is 15.9 Å². The Bertz CT molecular complexity index is 1320. The van der Waals surface area contributed by atoms with Crippen LogP contribution >= 0.6 is 15.9 Å². The van der Waals surface area contributed by atoms with Gasteiger partial charge in [0.2, 0.25) is 29.0 Å². The minimum atomic E-state index is -2.05. The molecular formula is C26H16BrNO5. The molecular weight excluding hydrogens is 486 g/mol. The molecule has 3 atom stereocenters. The molecule has 2 amide bonds. The normalized spacial score (nSPS) is 25.1. The summed E-state index contributed by atoms with van der Waals surface area (Å²) < 4.78 is 7.03. The number of amides is 2. The Balaban J connectivity index is 1.55. The summed E-state index contributed by atoms with van der Waals surface area (Å²) >= 11 is 3.36. The molecule has 0 N–H and O–H groups in total. The van der Waals surface area contributed by atoms with E-state index in [0.717, 1.165) is 9.37 Å². The number of halogens is 1. The van der Waals surface area contributed by atoms with Gasteiger partial charge >= 0.3 is 0 Å². The van der Waals surface area contributed by atoms with Gasteiger partial charge in [-0.05, 0) is 29.8 Å². The van der Waals surface area contributed by atoms with Crippen LogP contribution in [0.4, 0.5) is 5.69 Å². The number of ketones is 2. The zero-order valence-corrected chi connectivity index (χ0v) is 18.7. The number of anilines is 1. The van der Waals surface area contributed by atoms with E-state index in [0.29, 0.717) is 11.3 Å². The molecule has 0 radical (unpaired) electrons. The molecule has 2 fully saturated rings. The van der Waals surface area contributed by atoms with Gasteiger partial charge in [-0.3, -0.25) is 19.2 Å². The first-order valence-electron chi connectivity index (χ1n) is 10.5. The first-order valence-corrected chi connectivity index (χ1v) is 11.3. The smallest absolute Gasteiger partial charge is 0.241 e. The van der Waals surface area contributed by atoms with E-state index >= 15 is 0 Å². The van der Waals surface area contributed by atoms with Crippen molar-refractivity contribution in [1.82, 2.24) is 0 Å². The Morgan fingerprint density at radius 2 is 1.30 bits per heavy atom. The molecule has 0 aromatic heterocycles. The highest BCUT2D eigenvalue weighted by atomic mass is 79.9. The van der Waals surface area contributed by atoms with E-state index in [1.165, 1.54) is 0 Å². The van der Waals surface area contributed by atoms with Gasteiger partial charge in [0.25, 0.3) is 0 Å². The van der Waals surface area contributed by atoms with Crippen LogP contribution in [-0.2, 0) is 14.3 Å². The van der Waals surface area contributed by atoms with Crippen molar-refractivity contribution >= 4 is 45.0 Å². The fourth-order valence-corrected chi connectivity index (χ4v) is 5.57. The van der Waals surface area contributed by atoms with E-state index < -0.39 is 46.9 Å². The third kappa shape index (κ3) is 2.57. The summed E-state index contributed by atoms with van der Waals surface area (Å²) in [4.78, 5) is 55.9. The Kier molecular flexibility index (Phi) is 4.31. The summed E-state index contributed by atoms with van der Waals surface area (Å²) in [6.07, 6.45) is -0.907. The van der Waals surface area contributed by atoms with E-state index in [4.69, 9.17) is 4.74 Å². The second-order valence-electron chi connectivity index (χ2n) is 8.38. The Morgan fingerprint density at radius 1 is 0.727 bits per heavy atom. The minimum absolute atomic E-state index is 0.220. The fourth-order valence-electron chi connectivity index (χ4n) is 5.31. The van der Waals surface area contributed by atoms with Crippen molar-refractivity contribution in [3.05, 3.63) is 100 Å². The van der Waals surface area contributed by atoms with Crippen molar-refractivity contribution in [2.24, 2.45) is 11.8 Å². The van der Waals surface area contributed by atoms with E-state index in [1.54, 1.807) is 72.8 Å². The Labute approximate surface area is 197 Å². The first-order chi connectivity index (χ1) is 15.9.